The number of amides is 1. The first-order chi connectivity index (χ1) is 9.58. The van der Waals surface area contributed by atoms with E-state index in [-0.39, 0.29) is 22.5 Å². The molecule has 0 bridgehead atoms. The van der Waals surface area contributed by atoms with Crippen LogP contribution < -0.4 is 5.73 Å². The molecular weight excluding hydrogens is 327 g/mol. The predicted octanol–water partition coefficient (Wildman–Crippen LogP) is 2.17. The highest BCUT2D eigenvalue weighted by atomic mass is 79.9. The van der Waals surface area contributed by atoms with Gasteiger partial charge in [-0.2, -0.15) is 0 Å². The van der Waals surface area contributed by atoms with Crippen LogP contribution in [0.3, 0.4) is 0 Å². The van der Waals surface area contributed by atoms with Gasteiger partial charge in [0.1, 0.15) is 5.82 Å². The fraction of sp³-hybridized carbons (Fsp3) is 0.500. The summed E-state index contributed by atoms with van der Waals surface area (Å²) in [6.07, 6.45) is 1.61. The van der Waals surface area contributed by atoms with Gasteiger partial charge in [0.2, 0.25) is 0 Å². The Morgan fingerprint density at radius 2 is 2.35 bits per heavy atom. The van der Waals surface area contributed by atoms with Gasteiger partial charge in [0, 0.05) is 26.2 Å². The fourth-order valence-electron chi connectivity index (χ4n) is 2.54. The molecule has 1 saturated heterocycles. The third-order valence-electron chi connectivity index (χ3n) is 3.72. The molecule has 2 rings (SSSR count). The van der Waals surface area contributed by atoms with Crippen LogP contribution in [0.4, 0.5) is 4.39 Å². The molecular formula is C14H18BrFN2O2. The van der Waals surface area contributed by atoms with E-state index in [0.29, 0.717) is 25.1 Å². The zero-order valence-electron chi connectivity index (χ0n) is 11.3. The monoisotopic (exact) mass is 344 g/mol. The number of ether oxygens (including phenoxy) is 1. The van der Waals surface area contributed by atoms with Gasteiger partial charge in [-0.05, 0) is 40.9 Å². The molecule has 1 aliphatic heterocycles. The number of rotatable bonds is 3. The Kier molecular flexibility index (Phi) is 5.12. The van der Waals surface area contributed by atoms with Crippen LogP contribution in [0.5, 0.6) is 0 Å². The second kappa shape index (κ2) is 6.65. The average Bonchev–Trinajstić information content (AvgIpc) is 2.48. The van der Waals surface area contributed by atoms with E-state index in [9.17, 15) is 9.18 Å². The Morgan fingerprint density at radius 3 is 3.00 bits per heavy atom. The molecule has 110 valence electrons. The summed E-state index contributed by atoms with van der Waals surface area (Å²) in [6, 6.07) is 4.40. The van der Waals surface area contributed by atoms with Gasteiger partial charge in [-0.15, -0.1) is 0 Å². The summed E-state index contributed by atoms with van der Waals surface area (Å²) >= 11 is 3.14. The van der Waals surface area contributed by atoms with Crippen molar-refractivity contribution in [2.45, 2.75) is 25.0 Å². The lowest BCUT2D eigenvalue weighted by atomic mass is 9.98. The molecule has 2 N–H and O–H groups in total. The number of methoxy groups -OCH3 is 1. The summed E-state index contributed by atoms with van der Waals surface area (Å²) in [7, 11) is 1.67. The highest BCUT2D eigenvalue weighted by Gasteiger charge is 2.32. The number of hydrogen-bond acceptors (Lipinski definition) is 3. The van der Waals surface area contributed by atoms with Crippen molar-refractivity contribution in [1.29, 1.82) is 0 Å². The van der Waals surface area contributed by atoms with Crippen molar-refractivity contribution < 1.29 is 13.9 Å². The van der Waals surface area contributed by atoms with Crippen LogP contribution in [0.1, 0.15) is 23.2 Å². The summed E-state index contributed by atoms with van der Waals surface area (Å²) in [5.41, 5.74) is 6.09. The van der Waals surface area contributed by atoms with E-state index in [2.05, 4.69) is 15.9 Å². The molecule has 2 atom stereocenters. The maximum atomic E-state index is 13.5. The van der Waals surface area contributed by atoms with Crippen LogP contribution in [0.25, 0.3) is 0 Å². The summed E-state index contributed by atoms with van der Waals surface area (Å²) in [6.45, 7) is 0.945. The second-order valence-corrected chi connectivity index (χ2v) is 5.66. The third kappa shape index (κ3) is 3.02. The summed E-state index contributed by atoms with van der Waals surface area (Å²) in [5.74, 6) is -0.631. The number of hydrogen-bond donors (Lipinski definition) is 1. The SMILES string of the molecule is COC1CCN(C(=O)c2cccc(F)c2Br)C(CN)C1. The summed E-state index contributed by atoms with van der Waals surface area (Å²) in [4.78, 5) is 14.3. The van der Waals surface area contributed by atoms with Crippen molar-refractivity contribution in [3.8, 4) is 0 Å². The first-order valence-corrected chi connectivity index (χ1v) is 7.35. The van der Waals surface area contributed by atoms with Crippen molar-refractivity contribution in [2.75, 3.05) is 20.2 Å². The first kappa shape index (κ1) is 15.4. The van der Waals surface area contributed by atoms with Gasteiger partial charge in [-0.25, -0.2) is 4.39 Å². The number of carbonyl (C=O) groups excluding carboxylic acids is 1. The zero-order chi connectivity index (χ0) is 14.7. The zero-order valence-corrected chi connectivity index (χ0v) is 12.9. The molecule has 1 heterocycles. The molecule has 2 unspecified atom stereocenters. The van der Waals surface area contributed by atoms with Gasteiger partial charge in [0.15, 0.2) is 0 Å². The number of halogens is 2. The normalized spacial score (nSPS) is 22.9. The molecule has 20 heavy (non-hydrogen) atoms. The van der Waals surface area contributed by atoms with Crippen LogP contribution in [-0.2, 0) is 4.74 Å². The van der Waals surface area contributed by atoms with Crippen molar-refractivity contribution in [2.24, 2.45) is 5.73 Å². The maximum absolute atomic E-state index is 13.5. The Balaban J connectivity index is 2.22. The van der Waals surface area contributed by atoms with Crippen molar-refractivity contribution in [3.63, 3.8) is 0 Å². The maximum Gasteiger partial charge on any atom is 0.255 e. The highest BCUT2D eigenvalue weighted by Crippen LogP contribution is 2.26. The number of carbonyl (C=O) groups is 1. The Labute approximate surface area is 126 Å². The van der Waals surface area contributed by atoms with Crippen LogP contribution in [-0.4, -0.2) is 43.2 Å². The highest BCUT2D eigenvalue weighted by molar-refractivity contribution is 9.10. The van der Waals surface area contributed by atoms with Crippen LogP contribution in [0, 0.1) is 5.82 Å². The van der Waals surface area contributed by atoms with E-state index in [1.165, 1.54) is 12.1 Å². The smallest absolute Gasteiger partial charge is 0.255 e. The molecule has 1 amide bonds. The molecule has 0 saturated carbocycles. The predicted molar refractivity (Wildman–Crippen MR) is 78.0 cm³/mol. The van der Waals surface area contributed by atoms with E-state index < -0.39 is 5.82 Å². The molecule has 6 heteroatoms. The molecule has 0 spiro atoms. The minimum Gasteiger partial charge on any atom is -0.381 e. The number of likely N-dealkylation sites (tertiary alicyclic amines) is 1. The van der Waals surface area contributed by atoms with Crippen molar-refractivity contribution in [3.05, 3.63) is 34.1 Å². The molecule has 4 nitrogen and oxygen atoms in total. The van der Waals surface area contributed by atoms with Gasteiger partial charge < -0.3 is 15.4 Å². The molecule has 1 aromatic rings. The molecule has 1 aliphatic rings. The van der Waals surface area contributed by atoms with Crippen molar-refractivity contribution in [1.82, 2.24) is 4.90 Å². The van der Waals surface area contributed by atoms with Gasteiger partial charge in [0.25, 0.3) is 5.91 Å². The van der Waals surface area contributed by atoms with E-state index in [0.717, 1.165) is 6.42 Å². The lowest BCUT2D eigenvalue weighted by Crippen LogP contribution is -2.51. The first-order valence-electron chi connectivity index (χ1n) is 6.56. The standard InChI is InChI=1S/C14H18BrFN2O2/c1-20-10-5-6-18(9(7-10)8-17)14(19)11-3-2-4-12(16)13(11)15/h2-4,9-10H,5-8,17H2,1H3. The lowest BCUT2D eigenvalue weighted by Gasteiger charge is -2.38. The van der Waals surface area contributed by atoms with Crippen LogP contribution in [0.15, 0.2) is 22.7 Å². The topological polar surface area (TPSA) is 55.6 Å². The number of benzene rings is 1. The largest absolute Gasteiger partial charge is 0.381 e. The van der Waals surface area contributed by atoms with Crippen LogP contribution in [0.2, 0.25) is 0 Å². The fourth-order valence-corrected chi connectivity index (χ4v) is 2.98. The van der Waals surface area contributed by atoms with E-state index in [1.807, 2.05) is 0 Å². The van der Waals surface area contributed by atoms with E-state index in [4.69, 9.17) is 10.5 Å². The molecule has 1 fully saturated rings. The van der Waals surface area contributed by atoms with Crippen LogP contribution >= 0.6 is 15.9 Å². The number of nitrogens with zero attached hydrogens (tertiary/aromatic N) is 1. The van der Waals surface area contributed by atoms with E-state index >= 15 is 0 Å². The van der Waals surface area contributed by atoms with Gasteiger partial charge in [0.05, 0.1) is 16.1 Å². The minimum absolute atomic E-state index is 0.0728. The Bertz CT molecular complexity index is 498. The summed E-state index contributed by atoms with van der Waals surface area (Å²) in [5, 5.41) is 0. The van der Waals surface area contributed by atoms with E-state index in [1.54, 1.807) is 18.1 Å². The van der Waals surface area contributed by atoms with Crippen molar-refractivity contribution >= 4 is 21.8 Å². The minimum atomic E-state index is -0.438. The molecule has 0 radical (unpaired) electrons. The molecule has 1 aromatic carbocycles. The third-order valence-corrected chi connectivity index (χ3v) is 4.52. The van der Waals surface area contributed by atoms with Gasteiger partial charge >= 0.3 is 0 Å². The van der Waals surface area contributed by atoms with Gasteiger partial charge in [-0.1, -0.05) is 6.07 Å². The molecule has 0 aliphatic carbocycles. The average molecular weight is 345 g/mol. The number of piperidine rings is 1. The summed E-state index contributed by atoms with van der Waals surface area (Å²) < 4.78 is 19.1. The second-order valence-electron chi connectivity index (χ2n) is 4.87. The Morgan fingerprint density at radius 1 is 1.60 bits per heavy atom. The number of nitrogens with two attached hydrogens (primary N) is 1. The lowest BCUT2D eigenvalue weighted by molar-refractivity contribution is 0.0138. The Hall–Kier alpha value is -0.980. The van der Waals surface area contributed by atoms with Gasteiger partial charge in [-0.3, -0.25) is 4.79 Å². The quantitative estimate of drug-likeness (QED) is 0.914. The molecule has 0 aromatic heterocycles.